The van der Waals surface area contributed by atoms with Crippen LogP contribution in [-0.4, -0.2) is 23.0 Å². The Labute approximate surface area is 158 Å². The van der Waals surface area contributed by atoms with E-state index in [0.29, 0.717) is 11.4 Å². The molecular formula is C18H14ClFN4O3. The van der Waals surface area contributed by atoms with Gasteiger partial charge >= 0.3 is 0 Å². The standard InChI is InChI=1S/C18H14ClFN4O3/c1-27-18-15(23-14-4-5-22-8-12(14)16(21)25)7-11(17(26)24-18)10-6-9(19)2-3-13(10)20/h2-8H,1H3,(H2,21,25)(H,22,23)(H,24,26). The number of carbonyl (C=O) groups excluding carboxylic acids is 1. The lowest BCUT2D eigenvalue weighted by Gasteiger charge is -2.14. The lowest BCUT2D eigenvalue weighted by Crippen LogP contribution is -2.15. The number of primary amides is 1. The molecule has 9 heteroatoms. The summed E-state index contributed by atoms with van der Waals surface area (Å²) in [6.45, 7) is 0. The van der Waals surface area contributed by atoms with E-state index in [1.165, 1.54) is 49.8 Å². The zero-order valence-electron chi connectivity index (χ0n) is 14.0. The molecule has 2 heterocycles. The number of ether oxygens (including phenoxy) is 1. The second-order valence-corrected chi connectivity index (χ2v) is 5.93. The van der Waals surface area contributed by atoms with E-state index in [1.54, 1.807) is 0 Å². The van der Waals surface area contributed by atoms with Gasteiger partial charge in [0, 0.05) is 23.0 Å². The molecule has 0 unspecified atom stereocenters. The maximum absolute atomic E-state index is 14.2. The van der Waals surface area contributed by atoms with Crippen LogP contribution in [0.15, 0.2) is 47.5 Å². The Balaban J connectivity index is 2.15. The van der Waals surface area contributed by atoms with E-state index in [1.807, 2.05) is 0 Å². The average Bonchev–Trinajstić information content (AvgIpc) is 2.65. The SMILES string of the molecule is COc1[nH]c(=O)c(-c2cc(Cl)ccc2F)cc1Nc1ccncc1C(N)=O. The van der Waals surface area contributed by atoms with Gasteiger partial charge in [-0.25, -0.2) is 4.39 Å². The first-order valence-corrected chi connectivity index (χ1v) is 8.06. The summed E-state index contributed by atoms with van der Waals surface area (Å²) in [4.78, 5) is 30.3. The summed E-state index contributed by atoms with van der Waals surface area (Å²) in [5, 5.41) is 3.23. The van der Waals surface area contributed by atoms with Gasteiger partial charge in [0.05, 0.1) is 23.9 Å². The summed E-state index contributed by atoms with van der Waals surface area (Å²) in [5.41, 5.74) is 5.62. The molecule has 7 nitrogen and oxygen atoms in total. The summed E-state index contributed by atoms with van der Waals surface area (Å²) in [5.74, 6) is -1.20. The van der Waals surface area contributed by atoms with Crippen molar-refractivity contribution in [2.24, 2.45) is 5.73 Å². The van der Waals surface area contributed by atoms with Crippen molar-refractivity contribution in [3.05, 3.63) is 69.5 Å². The molecule has 3 aromatic rings. The molecule has 138 valence electrons. The second kappa shape index (κ2) is 7.46. The van der Waals surface area contributed by atoms with Crippen molar-refractivity contribution in [3.63, 3.8) is 0 Å². The molecule has 3 rings (SSSR count). The van der Waals surface area contributed by atoms with E-state index >= 15 is 0 Å². The number of amides is 1. The predicted octanol–water partition coefficient (Wildman–Crippen LogP) is 3.08. The Morgan fingerprint density at radius 2 is 2.04 bits per heavy atom. The Kier molecular flexibility index (Phi) is 5.09. The Morgan fingerprint density at radius 3 is 2.74 bits per heavy atom. The third-order valence-electron chi connectivity index (χ3n) is 3.78. The number of nitrogens with zero attached hydrogens (tertiary/aromatic N) is 1. The van der Waals surface area contributed by atoms with Gasteiger partial charge in [-0.1, -0.05) is 11.6 Å². The lowest BCUT2D eigenvalue weighted by molar-refractivity contribution is 0.100. The minimum absolute atomic E-state index is 0.0271. The van der Waals surface area contributed by atoms with Gasteiger partial charge in [-0.05, 0) is 30.3 Å². The van der Waals surface area contributed by atoms with E-state index < -0.39 is 17.3 Å². The van der Waals surface area contributed by atoms with Crippen LogP contribution >= 0.6 is 11.6 Å². The molecule has 0 atom stereocenters. The van der Waals surface area contributed by atoms with Crippen molar-refractivity contribution in [1.29, 1.82) is 0 Å². The molecule has 0 spiro atoms. The number of aromatic amines is 1. The molecule has 0 bridgehead atoms. The smallest absolute Gasteiger partial charge is 0.258 e. The summed E-state index contributed by atoms with van der Waals surface area (Å²) < 4.78 is 19.4. The van der Waals surface area contributed by atoms with Gasteiger partial charge in [0.1, 0.15) is 11.5 Å². The largest absolute Gasteiger partial charge is 0.481 e. The molecule has 0 aliphatic heterocycles. The molecule has 0 aliphatic carbocycles. The third kappa shape index (κ3) is 3.75. The van der Waals surface area contributed by atoms with Crippen LogP contribution in [0.2, 0.25) is 5.02 Å². The fraction of sp³-hybridized carbons (Fsp3) is 0.0556. The first kappa shape index (κ1) is 18.4. The molecule has 0 saturated carbocycles. The van der Waals surface area contributed by atoms with Crippen LogP contribution in [0.4, 0.5) is 15.8 Å². The van der Waals surface area contributed by atoms with Gasteiger partial charge in [-0.2, -0.15) is 0 Å². The molecule has 0 aliphatic rings. The number of nitrogens with one attached hydrogen (secondary N) is 2. The second-order valence-electron chi connectivity index (χ2n) is 5.49. The predicted molar refractivity (Wildman–Crippen MR) is 100 cm³/mol. The van der Waals surface area contributed by atoms with Crippen molar-refractivity contribution < 1.29 is 13.9 Å². The van der Waals surface area contributed by atoms with E-state index in [0.717, 1.165) is 0 Å². The third-order valence-corrected chi connectivity index (χ3v) is 4.02. The number of aromatic nitrogens is 2. The van der Waals surface area contributed by atoms with Gasteiger partial charge < -0.3 is 15.8 Å². The Morgan fingerprint density at radius 1 is 1.26 bits per heavy atom. The Hall–Kier alpha value is -3.39. The first-order chi connectivity index (χ1) is 12.9. The molecule has 1 amide bonds. The molecule has 1 aromatic carbocycles. The highest BCUT2D eigenvalue weighted by atomic mass is 35.5. The normalized spacial score (nSPS) is 10.5. The Bertz CT molecular complexity index is 1080. The minimum Gasteiger partial charge on any atom is -0.481 e. The monoisotopic (exact) mass is 388 g/mol. The van der Waals surface area contributed by atoms with Crippen molar-refractivity contribution in [1.82, 2.24) is 9.97 Å². The number of hydrogen-bond donors (Lipinski definition) is 3. The van der Waals surface area contributed by atoms with Crippen LogP contribution in [0, 0.1) is 5.82 Å². The first-order valence-electron chi connectivity index (χ1n) is 7.68. The van der Waals surface area contributed by atoms with Crippen molar-refractivity contribution in [2.75, 3.05) is 12.4 Å². The van der Waals surface area contributed by atoms with Crippen LogP contribution in [-0.2, 0) is 0 Å². The van der Waals surface area contributed by atoms with Gasteiger partial charge in [-0.3, -0.25) is 19.6 Å². The van der Waals surface area contributed by atoms with Crippen molar-refractivity contribution in [2.45, 2.75) is 0 Å². The summed E-state index contributed by atoms with van der Waals surface area (Å²) in [7, 11) is 1.36. The number of anilines is 2. The summed E-state index contributed by atoms with van der Waals surface area (Å²) >= 11 is 5.93. The fourth-order valence-corrected chi connectivity index (χ4v) is 2.69. The molecule has 0 radical (unpaired) electrons. The van der Waals surface area contributed by atoms with Crippen molar-refractivity contribution >= 4 is 28.9 Å². The highest BCUT2D eigenvalue weighted by molar-refractivity contribution is 6.30. The fourth-order valence-electron chi connectivity index (χ4n) is 2.52. The maximum Gasteiger partial charge on any atom is 0.258 e. The molecule has 0 saturated heterocycles. The topological polar surface area (TPSA) is 110 Å². The van der Waals surface area contributed by atoms with Crippen LogP contribution in [0.3, 0.4) is 0 Å². The van der Waals surface area contributed by atoms with Gasteiger partial charge in [0.25, 0.3) is 11.5 Å². The summed E-state index contributed by atoms with van der Waals surface area (Å²) in [6.07, 6.45) is 2.77. The number of rotatable bonds is 5. The molecule has 4 N–H and O–H groups in total. The number of pyridine rings is 2. The number of methoxy groups -OCH3 is 1. The quantitative estimate of drug-likeness (QED) is 0.622. The summed E-state index contributed by atoms with van der Waals surface area (Å²) in [6, 6.07) is 6.83. The number of H-pyrrole nitrogens is 1. The van der Waals surface area contributed by atoms with E-state index in [4.69, 9.17) is 22.1 Å². The number of carbonyl (C=O) groups is 1. The van der Waals surface area contributed by atoms with Gasteiger partial charge in [-0.15, -0.1) is 0 Å². The highest BCUT2D eigenvalue weighted by Gasteiger charge is 2.16. The molecule has 0 fully saturated rings. The number of hydrogen-bond acceptors (Lipinski definition) is 5. The lowest BCUT2D eigenvalue weighted by atomic mass is 10.1. The van der Waals surface area contributed by atoms with Crippen LogP contribution < -0.4 is 21.3 Å². The minimum atomic E-state index is -0.685. The average molecular weight is 389 g/mol. The van der Waals surface area contributed by atoms with E-state index in [-0.39, 0.29) is 27.6 Å². The van der Waals surface area contributed by atoms with Crippen molar-refractivity contribution in [3.8, 4) is 17.0 Å². The van der Waals surface area contributed by atoms with Crippen LogP contribution in [0.5, 0.6) is 5.88 Å². The highest BCUT2D eigenvalue weighted by Crippen LogP contribution is 2.31. The van der Waals surface area contributed by atoms with Gasteiger partial charge in [0.2, 0.25) is 5.88 Å². The van der Waals surface area contributed by atoms with Crippen LogP contribution in [0.1, 0.15) is 10.4 Å². The molecule has 2 aromatic heterocycles. The maximum atomic E-state index is 14.2. The zero-order valence-corrected chi connectivity index (χ0v) is 14.8. The number of halogens is 2. The van der Waals surface area contributed by atoms with E-state index in [2.05, 4.69) is 15.3 Å². The molecular weight excluding hydrogens is 375 g/mol. The number of nitrogens with two attached hydrogens (primary N) is 1. The molecule has 27 heavy (non-hydrogen) atoms. The number of benzene rings is 1. The van der Waals surface area contributed by atoms with Gasteiger partial charge in [0.15, 0.2) is 0 Å². The van der Waals surface area contributed by atoms with E-state index in [9.17, 15) is 14.0 Å². The zero-order chi connectivity index (χ0) is 19.6. The van der Waals surface area contributed by atoms with Crippen LogP contribution in [0.25, 0.3) is 11.1 Å².